The van der Waals surface area contributed by atoms with Gasteiger partial charge >= 0.3 is 0 Å². The molecule has 1 aromatic rings. The summed E-state index contributed by atoms with van der Waals surface area (Å²) in [6.45, 7) is 9.16. The van der Waals surface area contributed by atoms with E-state index >= 15 is 0 Å². The van der Waals surface area contributed by atoms with E-state index in [1.54, 1.807) is 0 Å². The lowest BCUT2D eigenvalue weighted by Crippen LogP contribution is -2.26. The molecule has 0 atom stereocenters. The summed E-state index contributed by atoms with van der Waals surface area (Å²) in [5.74, 6) is 0. The van der Waals surface area contributed by atoms with Crippen molar-refractivity contribution in [3.05, 3.63) is 29.3 Å². The highest BCUT2D eigenvalue weighted by molar-refractivity contribution is 5.49. The molecule has 78 valence electrons. The van der Waals surface area contributed by atoms with Crippen molar-refractivity contribution < 1.29 is 0 Å². The summed E-state index contributed by atoms with van der Waals surface area (Å²) in [6, 6.07) is 6.32. The molecular formula is C12H20N2. The second-order valence-electron chi connectivity index (χ2n) is 4.72. The van der Waals surface area contributed by atoms with Crippen LogP contribution in [0.25, 0.3) is 0 Å². The van der Waals surface area contributed by atoms with E-state index in [4.69, 9.17) is 5.73 Å². The first-order valence-electron chi connectivity index (χ1n) is 5.00. The molecule has 2 nitrogen and oxygen atoms in total. The first-order valence-corrected chi connectivity index (χ1v) is 5.00. The normalized spacial score (nSPS) is 11.5. The van der Waals surface area contributed by atoms with Gasteiger partial charge in [0.1, 0.15) is 0 Å². The molecule has 0 heterocycles. The Morgan fingerprint density at radius 2 is 1.93 bits per heavy atom. The Balaban J connectivity index is 2.87. The van der Waals surface area contributed by atoms with Crippen molar-refractivity contribution in [3.8, 4) is 0 Å². The van der Waals surface area contributed by atoms with Crippen molar-refractivity contribution in [3.63, 3.8) is 0 Å². The van der Waals surface area contributed by atoms with E-state index in [9.17, 15) is 0 Å². The smallest absolute Gasteiger partial charge is 0.0347 e. The van der Waals surface area contributed by atoms with E-state index in [2.05, 4.69) is 51.2 Å². The van der Waals surface area contributed by atoms with Gasteiger partial charge in [-0.25, -0.2) is 0 Å². The fourth-order valence-electron chi connectivity index (χ4n) is 1.44. The Kier molecular flexibility index (Phi) is 3.17. The summed E-state index contributed by atoms with van der Waals surface area (Å²) in [7, 11) is 0. The SMILES string of the molecule is Cc1cc(NC(C)(C)C)ccc1CN. The number of hydrogen-bond acceptors (Lipinski definition) is 2. The van der Waals surface area contributed by atoms with Crippen molar-refractivity contribution in [2.45, 2.75) is 39.8 Å². The molecule has 1 rings (SSSR count). The molecule has 0 fully saturated rings. The van der Waals surface area contributed by atoms with E-state index in [1.165, 1.54) is 11.1 Å². The maximum absolute atomic E-state index is 5.61. The fourth-order valence-corrected chi connectivity index (χ4v) is 1.44. The summed E-state index contributed by atoms with van der Waals surface area (Å²) >= 11 is 0. The van der Waals surface area contributed by atoms with Gasteiger partial charge in [0, 0.05) is 17.8 Å². The van der Waals surface area contributed by atoms with Gasteiger partial charge < -0.3 is 11.1 Å². The molecule has 14 heavy (non-hydrogen) atoms. The lowest BCUT2D eigenvalue weighted by atomic mass is 10.1. The number of nitrogens with one attached hydrogen (secondary N) is 1. The summed E-state index contributed by atoms with van der Waals surface area (Å²) in [5, 5.41) is 3.43. The molecule has 0 unspecified atom stereocenters. The van der Waals surface area contributed by atoms with E-state index in [0.717, 1.165) is 5.69 Å². The zero-order valence-electron chi connectivity index (χ0n) is 9.52. The predicted octanol–water partition coefficient (Wildman–Crippen LogP) is 2.66. The molecular weight excluding hydrogens is 172 g/mol. The number of nitrogens with two attached hydrogens (primary N) is 1. The van der Waals surface area contributed by atoms with Gasteiger partial charge in [0.05, 0.1) is 0 Å². The van der Waals surface area contributed by atoms with Crippen LogP contribution in [0.5, 0.6) is 0 Å². The van der Waals surface area contributed by atoms with Gasteiger partial charge in [0.25, 0.3) is 0 Å². The third-order valence-corrected chi connectivity index (χ3v) is 2.08. The summed E-state index contributed by atoms with van der Waals surface area (Å²) in [4.78, 5) is 0. The van der Waals surface area contributed by atoms with Gasteiger partial charge in [0.2, 0.25) is 0 Å². The van der Waals surface area contributed by atoms with Crippen LogP contribution in [0.3, 0.4) is 0 Å². The maximum atomic E-state index is 5.61. The number of rotatable bonds is 2. The Morgan fingerprint density at radius 1 is 1.29 bits per heavy atom. The maximum Gasteiger partial charge on any atom is 0.0347 e. The van der Waals surface area contributed by atoms with Crippen molar-refractivity contribution in [2.24, 2.45) is 5.73 Å². The van der Waals surface area contributed by atoms with Crippen molar-refractivity contribution >= 4 is 5.69 Å². The van der Waals surface area contributed by atoms with Crippen LogP contribution in [-0.4, -0.2) is 5.54 Å². The molecule has 0 aliphatic rings. The van der Waals surface area contributed by atoms with E-state index in [-0.39, 0.29) is 5.54 Å². The Labute approximate surface area is 86.5 Å². The van der Waals surface area contributed by atoms with Gasteiger partial charge in [-0.1, -0.05) is 6.07 Å². The molecule has 0 spiro atoms. The first kappa shape index (κ1) is 11.1. The molecule has 0 amide bonds. The monoisotopic (exact) mass is 192 g/mol. The number of hydrogen-bond donors (Lipinski definition) is 2. The molecule has 0 radical (unpaired) electrons. The van der Waals surface area contributed by atoms with Gasteiger partial charge in [-0.05, 0) is 51.0 Å². The second-order valence-corrected chi connectivity index (χ2v) is 4.72. The Bertz CT molecular complexity index is 311. The fraction of sp³-hybridized carbons (Fsp3) is 0.500. The van der Waals surface area contributed by atoms with Crippen molar-refractivity contribution in [1.82, 2.24) is 0 Å². The number of aryl methyl sites for hydroxylation is 1. The van der Waals surface area contributed by atoms with E-state index in [0.29, 0.717) is 6.54 Å². The van der Waals surface area contributed by atoms with Crippen LogP contribution >= 0.6 is 0 Å². The molecule has 0 saturated heterocycles. The highest BCUT2D eigenvalue weighted by Crippen LogP contribution is 2.18. The Hall–Kier alpha value is -1.02. The molecule has 2 heteroatoms. The van der Waals surface area contributed by atoms with Crippen LogP contribution in [0.15, 0.2) is 18.2 Å². The molecule has 1 aromatic carbocycles. The largest absolute Gasteiger partial charge is 0.380 e. The molecule has 0 saturated carbocycles. The minimum Gasteiger partial charge on any atom is -0.380 e. The third kappa shape index (κ3) is 3.04. The van der Waals surface area contributed by atoms with Crippen molar-refractivity contribution in [2.75, 3.05) is 5.32 Å². The molecule has 0 aliphatic carbocycles. The zero-order chi connectivity index (χ0) is 10.8. The van der Waals surface area contributed by atoms with E-state index in [1.807, 2.05) is 0 Å². The van der Waals surface area contributed by atoms with Crippen molar-refractivity contribution in [1.29, 1.82) is 0 Å². The van der Waals surface area contributed by atoms with E-state index < -0.39 is 0 Å². The Morgan fingerprint density at radius 3 is 2.36 bits per heavy atom. The number of anilines is 1. The van der Waals surface area contributed by atoms with Gasteiger partial charge in [0.15, 0.2) is 0 Å². The average Bonchev–Trinajstić information content (AvgIpc) is 2.01. The molecule has 0 bridgehead atoms. The molecule has 0 aromatic heterocycles. The average molecular weight is 192 g/mol. The molecule has 0 aliphatic heterocycles. The highest BCUT2D eigenvalue weighted by atomic mass is 14.9. The summed E-state index contributed by atoms with van der Waals surface area (Å²) in [6.07, 6.45) is 0. The minimum atomic E-state index is 0.108. The van der Waals surface area contributed by atoms with Crippen LogP contribution in [0.1, 0.15) is 31.9 Å². The lowest BCUT2D eigenvalue weighted by molar-refractivity contribution is 0.634. The predicted molar refractivity (Wildman–Crippen MR) is 62.4 cm³/mol. The van der Waals surface area contributed by atoms with Crippen LogP contribution in [-0.2, 0) is 6.54 Å². The molecule has 3 N–H and O–H groups in total. The van der Waals surface area contributed by atoms with Crippen LogP contribution < -0.4 is 11.1 Å². The highest BCUT2D eigenvalue weighted by Gasteiger charge is 2.09. The topological polar surface area (TPSA) is 38.0 Å². The quantitative estimate of drug-likeness (QED) is 0.756. The zero-order valence-corrected chi connectivity index (χ0v) is 9.52. The standard InChI is InChI=1S/C12H20N2/c1-9-7-11(14-12(2,3)4)6-5-10(9)8-13/h5-7,14H,8,13H2,1-4H3. The van der Waals surface area contributed by atoms with Crippen LogP contribution in [0, 0.1) is 6.92 Å². The number of benzene rings is 1. The lowest BCUT2D eigenvalue weighted by Gasteiger charge is -2.22. The van der Waals surface area contributed by atoms with Gasteiger partial charge in [-0.2, -0.15) is 0 Å². The summed E-state index contributed by atoms with van der Waals surface area (Å²) < 4.78 is 0. The minimum absolute atomic E-state index is 0.108. The second kappa shape index (κ2) is 4.01. The first-order chi connectivity index (χ1) is 6.42. The summed E-state index contributed by atoms with van der Waals surface area (Å²) in [5.41, 5.74) is 9.34. The van der Waals surface area contributed by atoms with Crippen LogP contribution in [0.2, 0.25) is 0 Å². The van der Waals surface area contributed by atoms with Gasteiger partial charge in [-0.15, -0.1) is 0 Å². The third-order valence-electron chi connectivity index (χ3n) is 2.08. The van der Waals surface area contributed by atoms with Gasteiger partial charge in [-0.3, -0.25) is 0 Å². The van der Waals surface area contributed by atoms with Crippen LogP contribution in [0.4, 0.5) is 5.69 Å².